The Hall–Kier alpha value is -4.00. The zero-order valence-corrected chi connectivity index (χ0v) is 19.9. The molecule has 1 aromatic carbocycles. The summed E-state index contributed by atoms with van der Waals surface area (Å²) in [6.07, 6.45) is 2.53. The van der Waals surface area contributed by atoms with Crippen LogP contribution in [-0.4, -0.2) is 18.9 Å². The minimum Gasteiger partial charge on any atom is -0.497 e. The molecule has 2 atom stereocenters. The van der Waals surface area contributed by atoms with Crippen molar-refractivity contribution in [2.75, 3.05) is 7.11 Å². The molecule has 0 saturated carbocycles. The van der Waals surface area contributed by atoms with Gasteiger partial charge in [0.25, 0.3) is 0 Å². The summed E-state index contributed by atoms with van der Waals surface area (Å²) in [4.78, 5) is 26.9. The van der Waals surface area contributed by atoms with E-state index in [4.69, 9.17) is 18.3 Å². The third kappa shape index (κ3) is 4.41. The van der Waals surface area contributed by atoms with Crippen molar-refractivity contribution in [1.82, 2.24) is 5.32 Å². The molecule has 2 aromatic heterocycles. The first-order chi connectivity index (χ1) is 16.9. The number of ether oxygens (including phenoxy) is 2. The second-order valence-electron chi connectivity index (χ2n) is 8.91. The molecule has 0 amide bonds. The number of furan rings is 2. The van der Waals surface area contributed by atoms with Crippen molar-refractivity contribution in [2.24, 2.45) is 0 Å². The molecule has 3 heterocycles. The monoisotopic (exact) mass is 473 g/mol. The lowest BCUT2D eigenvalue weighted by Gasteiger charge is -2.35. The standard InChI is InChI=1S/C28H27NO6/c1-16-6-11-24(35-16)27-25(28(31)34-15-18-7-9-20(32-3)10-8-18)17(2)29-21-13-19(14-22(30)26(21)27)23-5-4-12-33-23/h4-12,19,27,29H,13-15H2,1-3H3. The van der Waals surface area contributed by atoms with Crippen molar-refractivity contribution in [2.45, 2.75) is 45.1 Å². The van der Waals surface area contributed by atoms with Gasteiger partial charge in [0.1, 0.15) is 29.6 Å². The maximum Gasteiger partial charge on any atom is 0.337 e. The number of carbonyl (C=O) groups is 2. The number of benzene rings is 1. The van der Waals surface area contributed by atoms with E-state index in [2.05, 4.69) is 5.32 Å². The molecule has 5 rings (SSSR count). The number of aryl methyl sites for hydroxylation is 1. The highest BCUT2D eigenvalue weighted by molar-refractivity contribution is 6.04. The van der Waals surface area contributed by atoms with E-state index in [9.17, 15) is 9.59 Å². The van der Waals surface area contributed by atoms with Crippen LogP contribution in [0.4, 0.5) is 0 Å². The molecular formula is C28H27NO6. The minimum absolute atomic E-state index is 0.0350. The van der Waals surface area contributed by atoms with Crippen LogP contribution in [0.2, 0.25) is 0 Å². The molecular weight excluding hydrogens is 446 g/mol. The van der Waals surface area contributed by atoms with Crippen LogP contribution in [0, 0.1) is 6.92 Å². The highest BCUT2D eigenvalue weighted by atomic mass is 16.5. The van der Waals surface area contributed by atoms with E-state index in [1.54, 1.807) is 13.4 Å². The van der Waals surface area contributed by atoms with Crippen molar-refractivity contribution in [3.05, 3.63) is 100 Å². The SMILES string of the molecule is COc1ccc(COC(=O)C2=C(C)NC3=C(C(=O)CC(c4ccco4)C3)C2c2ccc(C)o2)cc1. The molecule has 7 nitrogen and oxygen atoms in total. The number of dihydropyridines is 1. The fourth-order valence-corrected chi connectivity index (χ4v) is 4.88. The Morgan fingerprint density at radius 3 is 2.51 bits per heavy atom. The predicted molar refractivity (Wildman–Crippen MR) is 128 cm³/mol. The molecule has 0 fully saturated rings. The number of ketones is 1. The van der Waals surface area contributed by atoms with Crippen LogP contribution in [0.3, 0.4) is 0 Å². The van der Waals surface area contributed by atoms with E-state index >= 15 is 0 Å². The van der Waals surface area contributed by atoms with Gasteiger partial charge >= 0.3 is 5.97 Å². The van der Waals surface area contributed by atoms with E-state index in [-0.39, 0.29) is 18.3 Å². The maximum atomic E-state index is 13.5. The summed E-state index contributed by atoms with van der Waals surface area (Å²) in [5, 5.41) is 3.33. The first kappa shape index (κ1) is 22.8. The zero-order chi connectivity index (χ0) is 24.5. The Morgan fingerprint density at radius 2 is 1.86 bits per heavy atom. The molecule has 180 valence electrons. The van der Waals surface area contributed by atoms with Gasteiger partial charge in [0.2, 0.25) is 0 Å². The number of hydrogen-bond acceptors (Lipinski definition) is 7. The van der Waals surface area contributed by atoms with Gasteiger partial charge in [-0.15, -0.1) is 0 Å². The van der Waals surface area contributed by atoms with Gasteiger partial charge in [-0.25, -0.2) is 4.79 Å². The van der Waals surface area contributed by atoms with Crippen LogP contribution in [0.1, 0.15) is 54.4 Å². The first-order valence-electron chi connectivity index (χ1n) is 11.6. The zero-order valence-electron chi connectivity index (χ0n) is 19.9. The van der Waals surface area contributed by atoms with E-state index in [0.29, 0.717) is 41.2 Å². The Kier molecular flexibility index (Phi) is 6.07. The van der Waals surface area contributed by atoms with Crippen molar-refractivity contribution >= 4 is 11.8 Å². The van der Waals surface area contributed by atoms with Gasteiger partial charge in [-0.1, -0.05) is 12.1 Å². The lowest BCUT2D eigenvalue weighted by atomic mass is 9.74. The van der Waals surface area contributed by atoms with Crippen LogP contribution in [0.5, 0.6) is 5.75 Å². The van der Waals surface area contributed by atoms with Gasteiger partial charge < -0.3 is 23.6 Å². The largest absolute Gasteiger partial charge is 0.497 e. The topological polar surface area (TPSA) is 90.9 Å². The lowest BCUT2D eigenvalue weighted by Crippen LogP contribution is -2.36. The number of methoxy groups -OCH3 is 1. The number of carbonyl (C=O) groups excluding carboxylic acids is 2. The summed E-state index contributed by atoms with van der Waals surface area (Å²) in [6.45, 7) is 3.77. The summed E-state index contributed by atoms with van der Waals surface area (Å²) >= 11 is 0. The van der Waals surface area contributed by atoms with Gasteiger partial charge in [-0.2, -0.15) is 0 Å². The van der Waals surface area contributed by atoms with Crippen molar-refractivity contribution in [1.29, 1.82) is 0 Å². The summed E-state index contributed by atoms with van der Waals surface area (Å²) in [7, 11) is 1.60. The molecule has 1 aliphatic heterocycles. The molecule has 2 aliphatic rings. The quantitative estimate of drug-likeness (QED) is 0.486. The van der Waals surface area contributed by atoms with Crippen LogP contribution < -0.4 is 10.1 Å². The molecule has 1 N–H and O–H groups in total. The Morgan fingerprint density at radius 1 is 1.06 bits per heavy atom. The van der Waals surface area contributed by atoms with E-state index in [1.165, 1.54) is 0 Å². The molecule has 0 radical (unpaired) electrons. The predicted octanol–water partition coefficient (Wildman–Crippen LogP) is 5.29. The number of rotatable bonds is 6. The number of esters is 1. The van der Waals surface area contributed by atoms with Crippen molar-refractivity contribution < 1.29 is 27.9 Å². The molecule has 0 saturated heterocycles. The van der Waals surface area contributed by atoms with Crippen molar-refractivity contribution in [3.8, 4) is 5.75 Å². The third-order valence-corrected chi connectivity index (χ3v) is 6.57. The van der Waals surface area contributed by atoms with E-state index in [0.717, 1.165) is 22.8 Å². The number of Topliss-reactive ketones (excluding diaryl/α,β-unsaturated/α-hetero) is 1. The van der Waals surface area contributed by atoms with Crippen LogP contribution in [0.15, 0.2) is 86.2 Å². The average Bonchev–Trinajstić information content (AvgIpc) is 3.54. The fourth-order valence-electron chi connectivity index (χ4n) is 4.88. The smallest absolute Gasteiger partial charge is 0.337 e. The van der Waals surface area contributed by atoms with Gasteiger partial charge in [0.15, 0.2) is 5.78 Å². The van der Waals surface area contributed by atoms with Gasteiger partial charge in [0.05, 0.1) is 24.9 Å². The van der Waals surface area contributed by atoms with E-state index in [1.807, 2.05) is 62.4 Å². The number of allylic oxidation sites excluding steroid dienone is 3. The molecule has 35 heavy (non-hydrogen) atoms. The Labute approximate surface area is 203 Å². The Bertz CT molecular complexity index is 1310. The van der Waals surface area contributed by atoms with E-state index < -0.39 is 11.9 Å². The van der Waals surface area contributed by atoms with Crippen LogP contribution >= 0.6 is 0 Å². The van der Waals surface area contributed by atoms with Crippen molar-refractivity contribution in [3.63, 3.8) is 0 Å². The summed E-state index contributed by atoms with van der Waals surface area (Å²) in [5.74, 6) is 1.56. The van der Waals surface area contributed by atoms with Crippen LogP contribution in [-0.2, 0) is 20.9 Å². The van der Waals surface area contributed by atoms with Crippen LogP contribution in [0.25, 0.3) is 0 Å². The third-order valence-electron chi connectivity index (χ3n) is 6.57. The van der Waals surface area contributed by atoms with Gasteiger partial charge in [-0.3, -0.25) is 4.79 Å². The average molecular weight is 474 g/mol. The summed E-state index contributed by atoms with van der Waals surface area (Å²) < 4.78 is 22.4. The fraction of sp³-hybridized carbons (Fsp3) is 0.286. The highest BCUT2D eigenvalue weighted by Gasteiger charge is 2.43. The second kappa shape index (κ2) is 9.33. The number of nitrogens with one attached hydrogen (secondary N) is 1. The van der Waals surface area contributed by atoms with Gasteiger partial charge in [-0.05, 0) is 62.2 Å². The van der Waals surface area contributed by atoms with Gasteiger partial charge in [0, 0.05) is 29.3 Å². The summed E-state index contributed by atoms with van der Waals surface area (Å²) in [5.41, 5.74) is 3.23. The maximum absolute atomic E-state index is 13.5. The molecule has 0 spiro atoms. The number of hydrogen-bond donors (Lipinski definition) is 1. The Balaban J connectivity index is 1.46. The highest BCUT2D eigenvalue weighted by Crippen LogP contribution is 2.46. The molecule has 2 unspecified atom stereocenters. The lowest BCUT2D eigenvalue weighted by molar-refractivity contribution is -0.140. The minimum atomic E-state index is -0.631. The first-order valence-corrected chi connectivity index (χ1v) is 11.6. The second-order valence-corrected chi connectivity index (χ2v) is 8.91. The molecule has 1 aliphatic carbocycles. The molecule has 0 bridgehead atoms. The molecule has 3 aromatic rings. The summed E-state index contributed by atoms with van der Waals surface area (Å²) in [6, 6.07) is 14.7. The molecule has 7 heteroatoms. The normalized spacial score (nSPS) is 19.9.